The van der Waals surface area contributed by atoms with Crippen LogP contribution in [0.25, 0.3) is 0 Å². The zero-order valence-electron chi connectivity index (χ0n) is 16.4. The van der Waals surface area contributed by atoms with Gasteiger partial charge in [0.05, 0.1) is 24.3 Å². The van der Waals surface area contributed by atoms with Gasteiger partial charge in [-0.2, -0.15) is 5.10 Å². The van der Waals surface area contributed by atoms with Gasteiger partial charge in [0.25, 0.3) is 5.91 Å². The first-order chi connectivity index (χ1) is 13.5. The Hall–Kier alpha value is -2.79. The highest BCUT2D eigenvalue weighted by atomic mass is 35.5. The maximum absolute atomic E-state index is 12.9. The molecule has 0 spiro atoms. The smallest absolute Gasteiger partial charge is 0.258 e. The number of ether oxygens (including phenoxy) is 1. The minimum Gasteiger partial charge on any atom is -0.491 e. The van der Waals surface area contributed by atoms with E-state index in [4.69, 9.17) is 16.3 Å². The standard InChI is InChI=1S/C22H24ClN3O2/c1-16-9-7-8-12-19(16)28-14-13-25(3)22(27)20-17(2)24-26(21(20)23)15-18-10-5-4-6-11-18/h4-12H,13-15H2,1-3H3. The molecule has 0 saturated carbocycles. The zero-order chi connectivity index (χ0) is 20.1. The van der Waals surface area contributed by atoms with E-state index in [1.54, 1.807) is 23.6 Å². The fraction of sp³-hybridized carbons (Fsp3) is 0.273. The second kappa shape index (κ2) is 8.93. The predicted molar refractivity (Wildman–Crippen MR) is 111 cm³/mol. The van der Waals surface area contributed by atoms with Crippen molar-refractivity contribution in [1.82, 2.24) is 14.7 Å². The first-order valence-corrected chi connectivity index (χ1v) is 9.56. The van der Waals surface area contributed by atoms with Crippen LogP contribution in [0.2, 0.25) is 5.15 Å². The first-order valence-electron chi connectivity index (χ1n) is 9.18. The van der Waals surface area contributed by atoms with Gasteiger partial charge in [-0.25, -0.2) is 4.68 Å². The Morgan fingerprint density at radius 1 is 1.11 bits per heavy atom. The summed E-state index contributed by atoms with van der Waals surface area (Å²) in [4.78, 5) is 14.5. The van der Waals surface area contributed by atoms with Gasteiger partial charge in [-0.1, -0.05) is 60.1 Å². The average Bonchev–Trinajstić information content (AvgIpc) is 2.96. The van der Waals surface area contributed by atoms with Gasteiger partial charge in [0, 0.05) is 7.05 Å². The molecule has 3 rings (SSSR count). The number of halogens is 1. The Morgan fingerprint density at radius 2 is 1.79 bits per heavy atom. The lowest BCUT2D eigenvalue weighted by molar-refractivity contribution is 0.0773. The lowest BCUT2D eigenvalue weighted by atomic mass is 10.2. The van der Waals surface area contributed by atoms with Crippen molar-refractivity contribution < 1.29 is 9.53 Å². The molecule has 0 N–H and O–H groups in total. The molecular weight excluding hydrogens is 374 g/mol. The van der Waals surface area contributed by atoms with E-state index in [1.165, 1.54) is 0 Å². The number of likely N-dealkylation sites (N-methyl/N-ethyl adjacent to an activating group) is 1. The summed E-state index contributed by atoms with van der Waals surface area (Å²) in [6.07, 6.45) is 0. The van der Waals surface area contributed by atoms with Gasteiger partial charge >= 0.3 is 0 Å². The van der Waals surface area contributed by atoms with Crippen molar-refractivity contribution in [2.75, 3.05) is 20.2 Å². The molecule has 2 aromatic carbocycles. The van der Waals surface area contributed by atoms with Crippen molar-refractivity contribution in [3.63, 3.8) is 0 Å². The number of hydrogen-bond donors (Lipinski definition) is 0. The van der Waals surface area contributed by atoms with Gasteiger partial charge in [-0.05, 0) is 31.0 Å². The predicted octanol–water partition coefficient (Wildman–Crippen LogP) is 4.35. The minimum atomic E-state index is -0.157. The molecule has 1 amide bonds. The molecule has 146 valence electrons. The Bertz CT molecular complexity index is 954. The topological polar surface area (TPSA) is 47.4 Å². The molecule has 0 atom stereocenters. The van der Waals surface area contributed by atoms with Crippen LogP contribution in [0.3, 0.4) is 0 Å². The normalized spacial score (nSPS) is 10.7. The second-order valence-electron chi connectivity index (χ2n) is 6.74. The third-order valence-corrected chi connectivity index (χ3v) is 4.96. The number of nitrogens with zero attached hydrogens (tertiary/aromatic N) is 3. The monoisotopic (exact) mass is 397 g/mol. The Kier molecular flexibility index (Phi) is 6.37. The van der Waals surface area contributed by atoms with Gasteiger partial charge in [0.2, 0.25) is 0 Å². The fourth-order valence-corrected chi connectivity index (χ4v) is 3.28. The van der Waals surface area contributed by atoms with E-state index in [0.717, 1.165) is 16.9 Å². The van der Waals surface area contributed by atoms with E-state index in [-0.39, 0.29) is 5.91 Å². The third kappa shape index (κ3) is 4.54. The molecule has 0 unspecified atom stereocenters. The molecule has 28 heavy (non-hydrogen) atoms. The number of amides is 1. The average molecular weight is 398 g/mol. The van der Waals surface area contributed by atoms with Crippen LogP contribution in [0.1, 0.15) is 27.2 Å². The molecule has 0 aliphatic rings. The lowest BCUT2D eigenvalue weighted by Crippen LogP contribution is -2.31. The highest BCUT2D eigenvalue weighted by Crippen LogP contribution is 2.22. The van der Waals surface area contributed by atoms with Crippen molar-refractivity contribution in [1.29, 1.82) is 0 Å². The SMILES string of the molecule is Cc1ccccc1OCCN(C)C(=O)c1c(C)nn(Cc2ccccc2)c1Cl. The maximum Gasteiger partial charge on any atom is 0.258 e. The Balaban J connectivity index is 1.65. The van der Waals surface area contributed by atoms with Crippen LogP contribution >= 0.6 is 11.6 Å². The zero-order valence-corrected chi connectivity index (χ0v) is 17.1. The summed E-state index contributed by atoms with van der Waals surface area (Å²) < 4.78 is 7.45. The Labute approximate surface area is 170 Å². The molecule has 0 radical (unpaired) electrons. The highest BCUT2D eigenvalue weighted by Gasteiger charge is 2.23. The molecule has 1 heterocycles. The first kappa shape index (κ1) is 20.0. The Morgan fingerprint density at radius 3 is 2.50 bits per heavy atom. The molecule has 0 bridgehead atoms. The van der Waals surface area contributed by atoms with Crippen molar-refractivity contribution in [3.8, 4) is 5.75 Å². The van der Waals surface area contributed by atoms with Gasteiger partial charge in [0.15, 0.2) is 0 Å². The molecule has 0 fully saturated rings. The van der Waals surface area contributed by atoms with Crippen molar-refractivity contribution in [3.05, 3.63) is 82.1 Å². The molecule has 5 nitrogen and oxygen atoms in total. The third-order valence-electron chi connectivity index (χ3n) is 4.58. The summed E-state index contributed by atoms with van der Waals surface area (Å²) in [7, 11) is 1.74. The largest absolute Gasteiger partial charge is 0.491 e. The van der Waals surface area contributed by atoms with Gasteiger partial charge in [-0.15, -0.1) is 0 Å². The lowest BCUT2D eigenvalue weighted by Gasteiger charge is -2.18. The summed E-state index contributed by atoms with van der Waals surface area (Å²) in [5.41, 5.74) is 3.21. The number of carbonyl (C=O) groups is 1. The van der Waals surface area contributed by atoms with Crippen LogP contribution in [0.5, 0.6) is 5.75 Å². The molecule has 6 heteroatoms. The van der Waals surface area contributed by atoms with Crippen LogP contribution in [0.15, 0.2) is 54.6 Å². The van der Waals surface area contributed by atoms with E-state index in [1.807, 2.05) is 61.5 Å². The van der Waals surface area contributed by atoms with Crippen molar-refractivity contribution >= 4 is 17.5 Å². The summed E-state index contributed by atoms with van der Waals surface area (Å²) in [6, 6.07) is 17.7. The van der Waals surface area contributed by atoms with Crippen molar-refractivity contribution in [2.45, 2.75) is 20.4 Å². The summed E-state index contributed by atoms with van der Waals surface area (Å²) >= 11 is 6.49. The van der Waals surface area contributed by atoms with Crippen LogP contribution in [-0.2, 0) is 6.54 Å². The van der Waals surface area contributed by atoms with E-state index in [9.17, 15) is 4.79 Å². The molecular formula is C22H24ClN3O2. The molecule has 1 aromatic heterocycles. The summed E-state index contributed by atoms with van der Waals surface area (Å²) in [6.45, 7) is 5.18. The fourth-order valence-electron chi connectivity index (χ4n) is 2.96. The molecule has 0 aliphatic carbocycles. The van der Waals surface area contributed by atoms with Gasteiger partial charge in [0.1, 0.15) is 17.5 Å². The molecule has 0 saturated heterocycles. The number of carbonyl (C=O) groups excluding carboxylic acids is 1. The number of aryl methyl sites for hydroxylation is 2. The van der Waals surface area contributed by atoms with E-state index < -0.39 is 0 Å². The van der Waals surface area contributed by atoms with Crippen molar-refractivity contribution in [2.24, 2.45) is 0 Å². The van der Waals surface area contributed by atoms with E-state index in [2.05, 4.69) is 5.10 Å². The van der Waals surface area contributed by atoms with Crippen LogP contribution < -0.4 is 4.74 Å². The number of aromatic nitrogens is 2. The second-order valence-corrected chi connectivity index (χ2v) is 7.09. The van der Waals surface area contributed by atoms with E-state index >= 15 is 0 Å². The van der Waals surface area contributed by atoms with Gasteiger partial charge < -0.3 is 9.64 Å². The number of benzene rings is 2. The molecule has 0 aliphatic heterocycles. The summed E-state index contributed by atoms with van der Waals surface area (Å²) in [5, 5.41) is 4.81. The summed E-state index contributed by atoms with van der Waals surface area (Å²) in [5.74, 6) is 0.670. The number of rotatable bonds is 7. The number of para-hydroxylation sites is 1. The van der Waals surface area contributed by atoms with Crippen LogP contribution in [0.4, 0.5) is 0 Å². The van der Waals surface area contributed by atoms with Crippen LogP contribution in [0, 0.1) is 13.8 Å². The van der Waals surface area contributed by atoms with E-state index in [0.29, 0.717) is 36.1 Å². The number of hydrogen-bond acceptors (Lipinski definition) is 3. The van der Waals surface area contributed by atoms with Gasteiger partial charge in [-0.3, -0.25) is 4.79 Å². The molecule has 3 aromatic rings. The highest BCUT2D eigenvalue weighted by molar-refractivity contribution is 6.33. The quantitative estimate of drug-likeness (QED) is 0.595. The minimum absolute atomic E-state index is 0.157. The van der Waals surface area contributed by atoms with Crippen LogP contribution in [-0.4, -0.2) is 40.8 Å². The maximum atomic E-state index is 12.9.